The van der Waals surface area contributed by atoms with Gasteiger partial charge in [0.15, 0.2) is 0 Å². The first-order valence-corrected chi connectivity index (χ1v) is 6.41. The van der Waals surface area contributed by atoms with Gasteiger partial charge in [-0.3, -0.25) is 10.1 Å². The van der Waals surface area contributed by atoms with Gasteiger partial charge in [-0.2, -0.15) is 5.26 Å². The van der Waals surface area contributed by atoms with E-state index in [2.05, 4.69) is 0 Å². The van der Waals surface area contributed by atoms with Crippen molar-refractivity contribution in [2.45, 2.75) is 9.79 Å². The average Bonchev–Trinajstić information content (AvgIpc) is 2.41. The van der Waals surface area contributed by atoms with Crippen molar-refractivity contribution in [2.24, 2.45) is 0 Å². The summed E-state index contributed by atoms with van der Waals surface area (Å²) in [6, 6.07) is 13.2. The van der Waals surface area contributed by atoms with Crippen molar-refractivity contribution in [3.8, 4) is 6.07 Å². The SMILES string of the molecule is N#Cc1ccc([N+](=O)[O-])c(Sc2ccc(Cl)cc2)c1. The van der Waals surface area contributed by atoms with Crippen LogP contribution in [-0.4, -0.2) is 4.92 Å². The third-order valence-electron chi connectivity index (χ3n) is 2.33. The Hall–Kier alpha value is -2.03. The molecule has 0 saturated carbocycles. The zero-order valence-electron chi connectivity index (χ0n) is 9.54. The van der Waals surface area contributed by atoms with Crippen LogP contribution in [0.5, 0.6) is 0 Å². The van der Waals surface area contributed by atoms with Gasteiger partial charge in [-0.25, -0.2) is 0 Å². The van der Waals surface area contributed by atoms with Crippen molar-refractivity contribution in [3.05, 3.63) is 63.2 Å². The predicted octanol–water partition coefficient (Wildman–Crippen LogP) is 4.27. The standard InChI is InChI=1S/C13H7ClN2O2S/c14-10-2-4-11(5-3-10)19-13-7-9(8-15)1-6-12(13)16(17)18/h1-7H. The fraction of sp³-hybridized carbons (Fsp3) is 0. The normalized spacial score (nSPS) is 9.89. The molecule has 2 rings (SSSR count). The topological polar surface area (TPSA) is 66.9 Å². The zero-order chi connectivity index (χ0) is 13.8. The first-order valence-electron chi connectivity index (χ1n) is 5.22. The molecule has 2 aromatic carbocycles. The molecule has 0 aliphatic carbocycles. The molecule has 6 heteroatoms. The molecule has 0 radical (unpaired) electrons. The number of nitro groups is 1. The first kappa shape index (κ1) is 13.4. The quantitative estimate of drug-likeness (QED) is 0.625. The molecule has 0 saturated heterocycles. The van der Waals surface area contributed by atoms with Crippen molar-refractivity contribution in [3.63, 3.8) is 0 Å². The lowest BCUT2D eigenvalue weighted by Crippen LogP contribution is -1.91. The Morgan fingerprint density at radius 3 is 2.47 bits per heavy atom. The molecule has 0 amide bonds. The van der Waals surface area contributed by atoms with Gasteiger partial charge in [-0.05, 0) is 36.4 Å². The van der Waals surface area contributed by atoms with Crippen molar-refractivity contribution in [1.29, 1.82) is 5.26 Å². The average molecular weight is 291 g/mol. The maximum atomic E-state index is 11.0. The molecule has 0 N–H and O–H groups in total. The van der Waals surface area contributed by atoms with Crippen molar-refractivity contribution >= 4 is 29.1 Å². The van der Waals surface area contributed by atoms with Gasteiger partial charge in [0, 0.05) is 16.0 Å². The van der Waals surface area contributed by atoms with Crippen molar-refractivity contribution in [2.75, 3.05) is 0 Å². The highest BCUT2D eigenvalue weighted by atomic mass is 35.5. The second-order valence-corrected chi connectivity index (χ2v) is 5.16. The Morgan fingerprint density at radius 2 is 1.89 bits per heavy atom. The number of hydrogen-bond acceptors (Lipinski definition) is 4. The Balaban J connectivity index is 2.40. The molecule has 0 heterocycles. The number of nitriles is 1. The summed E-state index contributed by atoms with van der Waals surface area (Å²) in [6.45, 7) is 0. The van der Waals surface area contributed by atoms with Gasteiger partial charge < -0.3 is 0 Å². The minimum atomic E-state index is -0.459. The molecule has 94 valence electrons. The fourth-order valence-corrected chi connectivity index (χ4v) is 2.53. The van der Waals surface area contributed by atoms with Crippen LogP contribution in [-0.2, 0) is 0 Å². The smallest absolute Gasteiger partial charge is 0.258 e. The number of halogens is 1. The van der Waals surface area contributed by atoms with E-state index in [0.29, 0.717) is 15.5 Å². The number of rotatable bonds is 3. The maximum absolute atomic E-state index is 11.0. The molecule has 0 fully saturated rings. The molecule has 19 heavy (non-hydrogen) atoms. The molecule has 0 atom stereocenters. The second kappa shape index (κ2) is 5.74. The minimum Gasteiger partial charge on any atom is -0.258 e. The van der Waals surface area contributed by atoms with E-state index in [0.717, 1.165) is 4.90 Å². The van der Waals surface area contributed by atoms with E-state index in [1.165, 1.54) is 30.0 Å². The second-order valence-electron chi connectivity index (χ2n) is 3.61. The van der Waals surface area contributed by atoms with E-state index in [-0.39, 0.29) is 5.69 Å². The minimum absolute atomic E-state index is 0.0149. The number of nitro benzene ring substituents is 1. The van der Waals surface area contributed by atoms with Gasteiger partial charge in [0.05, 0.1) is 21.5 Å². The van der Waals surface area contributed by atoms with Gasteiger partial charge in [-0.15, -0.1) is 0 Å². The molecule has 0 aliphatic heterocycles. The zero-order valence-corrected chi connectivity index (χ0v) is 11.1. The van der Waals surface area contributed by atoms with E-state index in [1.807, 2.05) is 6.07 Å². The van der Waals surface area contributed by atoms with Crippen LogP contribution in [0.3, 0.4) is 0 Å². The van der Waals surface area contributed by atoms with Crippen LogP contribution < -0.4 is 0 Å². The molecule has 0 aliphatic rings. The summed E-state index contributed by atoms with van der Waals surface area (Å²) in [6.07, 6.45) is 0. The van der Waals surface area contributed by atoms with E-state index < -0.39 is 4.92 Å². The summed E-state index contributed by atoms with van der Waals surface area (Å²) in [5.41, 5.74) is 0.376. The fourth-order valence-electron chi connectivity index (χ4n) is 1.45. The van der Waals surface area contributed by atoms with Gasteiger partial charge in [0.25, 0.3) is 5.69 Å². The molecule has 2 aromatic rings. The molecule has 4 nitrogen and oxygen atoms in total. The lowest BCUT2D eigenvalue weighted by Gasteiger charge is -2.03. The first-order chi connectivity index (χ1) is 9.10. The Kier molecular flexibility index (Phi) is 4.05. The Morgan fingerprint density at radius 1 is 1.21 bits per heavy atom. The van der Waals surface area contributed by atoms with Gasteiger partial charge in [0.2, 0.25) is 0 Å². The van der Waals surface area contributed by atoms with E-state index in [4.69, 9.17) is 16.9 Å². The summed E-state index contributed by atoms with van der Waals surface area (Å²) in [7, 11) is 0. The molecule has 0 unspecified atom stereocenters. The van der Waals surface area contributed by atoms with E-state index >= 15 is 0 Å². The van der Waals surface area contributed by atoms with Crippen LogP contribution in [0.1, 0.15) is 5.56 Å². The van der Waals surface area contributed by atoms with Crippen LogP contribution in [0.15, 0.2) is 52.3 Å². The van der Waals surface area contributed by atoms with Crippen LogP contribution in [0.25, 0.3) is 0 Å². The summed E-state index contributed by atoms with van der Waals surface area (Å²) < 4.78 is 0. The van der Waals surface area contributed by atoms with Crippen LogP contribution in [0.2, 0.25) is 5.02 Å². The largest absolute Gasteiger partial charge is 0.283 e. The summed E-state index contributed by atoms with van der Waals surface area (Å²) >= 11 is 7.01. The van der Waals surface area contributed by atoms with E-state index in [9.17, 15) is 10.1 Å². The van der Waals surface area contributed by atoms with Crippen LogP contribution >= 0.6 is 23.4 Å². The van der Waals surface area contributed by atoms with Gasteiger partial charge >= 0.3 is 0 Å². The van der Waals surface area contributed by atoms with Crippen molar-refractivity contribution < 1.29 is 4.92 Å². The summed E-state index contributed by atoms with van der Waals surface area (Å²) in [5, 5.41) is 20.4. The lowest BCUT2D eigenvalue weighted by atomic mass is 10.2. The summed E-state index contributed by atoms with van der Waals surface area (Å²) in [5.74, 6) is 0. The third-order valence-corrected chi connectivity index (χ3v) is 3.63. The monoisotopic (exact) mass is 290 g/mol. The third kappa shape index (κ3) is 3.25. The maximum Gasteiger partial charge on any atom is 0.283 e. The molecular weight excluding hydrogens is 284 g/mol. The molecule has 0 bridgehead atoms. The molecule has 0 spiro atoms. The van der Waals surface area contributed by atoms with Crippen LogP contribution in [0.4, 0.5) is 5.69 Å². The number of benzene rings is 2. The Bertz CT molecular complexity index is 665. The number of nitrogens with zero attached hydrogens (tertiary/aromatic N) is 2. The van der Waals surface area contributed by atoms with Gasteiger partial charge in [-0.1, -0.05) is 23.4 Å². The number of hydrogen-bond donors (Lipinski definition) is 0. The van der Waals surface area contributed by atoms with Crippen molar-refractivity contribution in [1.82, 2.24) is 0 Å². The Labute approximate surface area is 118 Å². The van der Waals surface area contributed by atoms with Gasteiger partial charge in [0.1, 0.15) is 0 Å². The van der Waals surface area contributed by atoms with Crippen LogP contribution in [0, 0.1) is 21.4 Å². The van der Waals surface area contributed by atoms with E-state index in [1.54, 1.807) is 24.3 Å². The summed E-state index contributed by atoms with van der Waals surface area (Å²) in [4.78, 5) is 11.8. The lowest BCUT2D eigenvalue weighted by molar-refractivity contribution is -0.387. The predicted molar refractivity (Wildman–Crippen MR) is 73.4 cm³/mol. The highest BCUT2D eigenvalue weighted by Gasteiger charge is 2.15. The highest BCUT2D eigenvalue weighted by Crippen LogP contribution is 2.35. The molecular formula is C13H7ClN2O2S. The highest BCUT2D eigenvalue weighted by molar-refractivity contribution is 7.99. The molecule has 0 aromatic heterocycles.